The number of benzene rings is 2. The molecule has 148 valence electrons. The number of rotatable bonds is 5. The van der Waals surface area contributed by atoms with Crippen molar-refractivity contribution in [2.24, 2.45) is 5.73 Å². The van der Waals surface area contributed by atoms with E-state index in [-0.39, 0.29) is 29.4 Å². The van der Waals surface area contributed by atoms with Crippen molar-refractivity contribution in [1.29, 1.82) is 5.26 Å². The molecule has 0 radical (unpaired) electrons. The molecule has 2 aromatic rings. The summed E-state index contributed by atoms with van der Waals surface area (Å²) in [5.41, 5.74) is 7.26. The number of esters is 1. The van der Waals surface area contributed by atoms with Crippen molar-refractivity contribution in [1.82, 2.24) is 0 Å². The molecule has 0 amide bonds. The van der Waals surface area contributed by atoms with Crippen molar-refractivity contribution in [3.8, 4) is 11.8 Å². The molecule has 0 aliphatic carbocycles. The number of nitrogens with two attached hydrogens (primary N) is 1. The largest absolute Gasteiger partial charge is 0.497 e. The lowest BCUT2D eigenvalue weighted by Crippen LogP contribution is -2.25. The van der Waals surface area contributed by atoms with Gasteiger partial charge in [-0.1, -0.05) is 12.1 Å². The van der Waals surface area contributed by atoms with Gasteiger partial charge in [0.2, 0.25) is 5.88 Å². The van der Waals surface area contributed by atoms with Crippen LogP contribution in [-0.4, -0.2) is 19.7 Å². The highest BCUT2D eigenvalue weighted by molar-refractivity contribution is 5.99. The molecular formula is C22H19FN2O4. The van der Waals surface area contributed by atoms with E-state index < -0.39 is 17.7 Å². The number of ether oxygens (including phenoxy) is 3. The monoisotopic (exact) mass is 394 g/mol. The van der Waals surface area contributed by atoms with Gasteiger partial charge in [0.15, 0.2) is 0 Å². The molecule has 1 unspecified atom stereocenters. The van der Waals surface area contributed by atoms with Gasteiger partial charge >= 0.3 is 5.97 Å². The van der Waals surface area contributed by atoms with E-state index in [2.05, 4.69) is 0 Å². The molecule has 29 heavy (non-hydrogen) atoms. The Morgan fingerprint density at radius 2 is 1.86 bits per heavy atom. The molecule has 1 aliphatic rings. The summed E-state index contributed by atoms with van der Waals surface area (Å²) in [7, 11) is 1.54. The average Bonchev–Trinajstić information content (AvgIpc) is 2.73. The number of nitrogens with zero attached hydrogens (tertiary/aromatic N) is 1. The van der Waals surface area contributed by atoms with E-state index in [0.29, 0.717) is 16.9 Å². The van der Waals surface area contributed by atoms with Gasteiger partial charge < -0.3 is 19.9 Å². The van der Waals surface area contributed by atoms with E-state index in [4.69, 9.17) is 19.9 Å². The van der Waals surface area contributed by atoms with E-state index in [9.17, 15) is 14.4 Å². The Balaban J connectivity index is 2.24. The minimum atomic E-state index is -0.856. The van der Waals surface area contributed by atoms with Crippen LogP contribution in [-0.2, 0) is 14.3 Å². The van der Waals surface area contributed by atoms with Crippen LogP contribution in [0.25, 0.3) is 5.76 Å². The van der Waals surface area contributed by atoms with Gasteiger partial charge in [0.05, 0.1) is 25.2 Å². The first-order valence-electron chi connectivity index (χ1n) is 8.88. The van der Waals surface area contributed by atoms with Gasteiger partial charge in [0.25, 0.3) is 0 Å². The number of methoxy groups -OCH3 is 1. The standard InChI is InChI=1S/C22H19FN2O4/c1-3-28-22(26)19-18(13-4-8-15(23)9-5-13)17(12-24)21(25)29-20(19)14-6-10-16(27-2)11-7-14/h4-11,18H,3,25H2,1-2H3. The summed E-state index contributed by atoms with van der Waals surface area (Å²) in [5, 5.41) is 9.67. The van der Waals surface area contributed by atoms with Gasteiger partial charge in [-0.3, -0.25) is 0 Å². The van der Waals surface area contributed by atoms with Crippen LogP contribution in [0.15, 0.2) is 65.6 Å². The second-order valence-electron chi connectivity index (χ2n) is 6.17. The number of carbonyl (C=O) groups excluding carboxylic acids is 1. The Bertz CT molecular complexity index is 1020. The Morgan fingerprint density at radius 1 is 1.21 bits per heavy atom. The predicted octanol–water partition coefficient (Wildman–Crippen LogP) is 3.62. The van der Waals surface area contributed by atoms with Crippen LogP contribution in [0.5, 0.6) is 5.75 Å². The first-order chi connectivity index (χ1) is 14.0. The third-order valence-electron chi connectivity index (χ3n) is 4.47. The summed E-state index contributed by atoms with van der Waals surface area (Å²) >= 11 is 0. The lowest BCUT2D eigenvalue weighted by molar-refractivity contribution is -0.138. The van der Waals surface area contributed by atoms with Crippen molar-refractivity contribution >= 4 is 11.7 Å². The van der Waals surface area contributed by atoms with Crippen LogP contribution >= 0.6 is 0 Å². The van der Waals surface area contributed by atoms with Crippen LogP contribution in [0, 0.1) is 17.1 Å². The van der Waals surface area contributed by atoms with Crippen LogP contribution in [0.3, 0.4) is 0 Å². The maximum Gasteiger partial charge on any atom is 0.338 e. The van der Waals surface area contributed by atoms with Gasteiger partial charge in [-0.05, 0) is 48.9 Å². The number of nitriles is 1. The summed E-state index contributed by atoms with van der Waals surface area (Å²) < 4.78 is 29.6. The molecule has 6 nitrogen and oxygen atoms in total. The van der Waals surface area contributed by atoms with E-state index in [1.54, 1.807) is 38.3 Å². The molecule has 0 bridgehead atoms. The van der Waals surface area contributed by atoms with Gasteiger partial charge in [-0.15, -0.1) is 0 Å². The third-order valence-corrected chi connectivity index (χ3v) is 4.47. The highest BCUT2D eigenvalue weighted by Gasteiger charge is 2.38. The first kappa shape index (κ1) is 20.0. The van der Waals surface area contributed by atoms with E-state index in [0.717, 1.165) is 0 Å². The molecule has 1 heterocycles. The summed E-state index contributed by atoms with van der Waals surface area (Å²) in [6.07, 6.45) is 0. The number of allylic oxidation sites excluding steroid dienone is 1. The molecule has 0 saturated carbocycles. The number of hydrogen-bond donors (Lipinski definition) is 1. The lowest BCUT2D eigenvalue weighted by atomic mass is 9.82. The Labute approximate surface area is 167 Å². The van der Waals surface area contributed by atoms with Gasteiger partial charge in [-0.2, -0.15) is 5.26 Å². The minimum Gasteiger partial charge on any atom is -0.497 e. The maximum absolute atomic E-state index is 13.5. The highest BCUT2D eigenvalue weighted by Crippen LogP contribution is 2.43. The SMILES string of the molecule is CCOC(=O)C1=C(c2ccc(OC)cc2)OC(N)=C(C#N)C1c1ccc(F)cc1. The van der Waals surface area contributed by atoms with Crippen molar-refractivity contribution in [3.63, 3.8) is 0 Å². The normalized spacial score (nSPS) is 16.1. The number of carbonyl (C=O) groups is 1. The summed E-state index contributed by atoms with van der Waals surface area (Å²) in [6.45, 7) is 1.81. The molecule has 2 N–H and O–H groups in total. The van der Waals surface area contributed by atoms with Crippen molar-refractivity contribution < 1.29 is 23.4 Å². The number of halogens is 1. The van der Waals surface area contributed by atoms with Gasteiger partial charge in [0.1, 0.15) is 29.0 Å². The van der Waals surface area contributed by atoms with Crippen LogP contribution in [0.2, 0.25) is 0 Å². The fourth-order valence-corrected chi connectivity index (χ4v) is 3.12. The molecule has 0 saturated heterocycles. The Morgan fingerprint density at radius 3 is 2.41 bits per heavy atom. The second kappa shape index (κ2) is 8.48. The average molecular weight is 394 g/mol. The molecule has 2 aromatic carbocycles. The molecule has 7 heteroatoms. The van der Waals surface area contributed by atoms with Crippen LogP contribution in [0.1, 0.15) is 24.0 Å². The van der Waals surface area contributed by atoms with Crippen molar-refractivity contribution in [2.45, 2.75) is 12.8 Å². The van der Waals surface area contributed by atoms with Crippen LogP contribution in [0.4, 0.5) is 4.39 Å². The molecule has 3 rings (SSSR count). The topological polar surface area (TPSA) is 94.6 Å². The molecule has 0 aromatic heterocycles. The maximum atomic E-state index is 13.5. The zero-order valence-corrected chi connectivity index (χ0v) is 15.9. The molecule has 0 fully saturated rings. The van der Waals surface area contributed by atoms with E-state index in [1.807, 2.05) is 6.07 Å². The summed E-state index contributed by atoms with van der Waals surface area (Å²) in [5.74, 6) is -1.26. The van der Waals surface area contributed by atoms with Crippen molar-refractivity contribution in [3.05, 3.63) is 82.5 Å². The Kier molecular flexibility index (Phi) is 5.84. The smallest absolute Gasteiger partial charge is 0.338 e. The zero-order valence-electron chi connectivity index (χ0n) is 15.9. The van der Waals surface area contributed by atoms with E-state index >= 15 is 0 Å². The third kappa shape index (κ3) is 3.92. The van der Waals surface area contributed by atoms with Gasteiger partial charge in [0, 0.05) is 5.56 Å². The number of hydrogen-bond acceptors (Lipinski definition) is 6. The molecular weight excluding hydrogens is 375 g/mol. The fourth-order valence-electron chi connectivity index (χ4n) is 3.12. The molecule has 0 spiro atoms. The quantitative estimate of drug-likeness (QED) is 0.779. The van der Waals surface area contributed by atoms with Gasteiger partial charge in [-0.25, -0.2) is 9.18 Å². The lowest BCUT2D eigenvalue weighted by Gasteiger charge is -2.28. The Hall–Kier alpha value is -3.79. The minimum absolute atomic E-state index is 0.0527. The second-order valence-corrected chi connectivity index (χ2v) is 6.17. The van der Waals surface area contributed by atoms with Crippen LogP contribution < -0.4 is 10.5 Å². The molecule has 1 atom stereocenters. The van der Waals surface area contributed by atoms with E-state index in [1.165, 1.54) is 24.3 Å². The fraction of sp³-hybridized carbons (Fsp3) is 0.182. The highest BCUT2D eigenvalue weighted by atomic mass is 19.1. The summed E-state index contributed by atoms with van der Waals surface area (Å²) in [6, 6.07) is 14.4. The first-order valence-corrected chi connectivity index (χ1v) is 8.88. The summed E-state index contributed by atoms with van der Waals surface area (Å²) in [4.78, 5) is 12.9. The van der Waals surface area contributed by atoms with Crippen molar-refractivity contribution in [2.75, 3.05) is 13.7 Å². The predicted molar refractivity (Wildman–Crippen MR) is 104 cm³/mol. The molecule has 1 aliphatic heterocycles. The zero-order chi connectivity index (χ0) is 21.0.